The Labute approximate surface area is 218 Å². The van der Waals surface area contributed by atoms with Gasteiger partial charge in [-0.2, -0.15) is 0 Å². The fraction of sp³-hybridized carbons (Fsp3) is 0.800. The molecule has 10 N–H and O–H groups in total. The number of hydrogen-bond donors (Lipinski definition) is 10. The SMILES string of the molecule is O=C(O)CC(O)C(=O)OC[C@H]1O[C@H](O[C@H]2[C@H](O)[C@@H](O)[C@H](O)O[C@@H]2COC(=O)C(O)CC(=O)O)[C@H](O)[C@@H](O)[C@@H]1O. The van der Waals surface area contributed by atoms with E-state index in [0.29, 0.717) is 0 Å². The Hall–Kier alpha value is -2.56. The van der Waals surface area contributed by atoms with Gasteiger partial charge in [0.25, 0.3) is 0 Å². The zero-order chi connectivity index (χ0) is 29.6. The molecule has 12 atom stereocenters. The molecule has 39 heavy (non-hydrogen) atoms. The summed E-state index contributed by atoms with van der Waals surface area (Å²) in [5.41, 5.74) is 0. The highest BCUT2D eigenvalue weighted by atomic mass is 16.7. The van der Waals surface area contributed by atoms with Crippen LogP contribution in [0.15, 0.2) is 0 Å². The Morgan fingerprint density at radius 2 is 1.13 bits per heavy atom. The van der Waals surface area contributed by atoms with Gasteiger partial charge in [-0.05, 0) is 0 Å². The van der Waals surface area contributed by atoms with Crippen LogP contribution >= 0.6 is 0 Å². The number of aliphatic carboxylic acids is 2. The number of carbonyl (C=O) groups excluding carboxylic acids is 2. The third-order valence-electron chi connectivity index (χ3n) is 5.68. The predicted molar refractivity (Wildman–Crippen MR) is 113 cm³/mol. The number of carboxylic acids is 2. The molecule has 2 rings (SSSR count). The quantitative estimate of drug-likeness (QED) is 0.0968. The summed E-state index contributed by atoms with van der Waals surface area (Å²) in [4.78, 5) is 44.8. The smallest absolute Gasteiger partial charge is 0.335 e. The van der Waals surface area contributed by atoms with Crippen LogP contribution < -0.4 is 0 Å². The summed E-state index contributed by atoms with van der Waals surface area (Å²) in [7, 11) is 0. The van der Waals surface area contributed by atoms with Gasteiger partial charge in [0, 0.05) is 0 Å². The highest BCUT2D eigenvalue weighted by molar-refractivity contribution is 5.81. The van der Waals surface area contributed by atoms with Crippen LogP contribution in [0.1, 0.15) is 12.8 Å². The number of hydrogen-bond acceptors (Lipinski definition) is 17. The molecule has 19 nitrogen and oxygen atoms in total. The van der Waals surface area contributed by atoms with E-state index in [4.69, 9.17) is 29.2 Å². The third kappa shape index (κ3) is 8.71. The van der Waals surface area contributed by atoms with Crippen molar-refractivity contribution in [3.05, 3.63) is 0 Å². The second-order valence-electron chi connectivity index (χ2n) is 8.65. The monoisotopic (exact) mass is 574 g/mol. The Balaban J connectivity index is 2.11. The minimum absolute atomic E-state index is 0.881. The first-order valence-corrected chi connectivity index (χ1v) is 11.3. The number of carboxylic acid groups (broad SMARTS) is 2. The molecule has 2 heterocycles. The van der Waals surface area contributed by atoms with Crippen molar-refractivity contribution in [2.24, 2.45) is 0 Å². The van der Waals surface area contributed by atoms with E-state index in [0.717, 1.165) is 0 Å². The van der Waals surface area contributed by atoms with Gasteiger partial charge in [-0.25, -0.2) is 9.59 Å². The largest absolute Gasteiger partial charge is 0.481 e. The normalized spacial score (nSPS) is 36.4. The van der Waals surface area contributed by atoms with Gasteiger partial charge in [0.05, 0.1) is 12.8 Å². The standard InChI is InChI=1S/C20H30O19/c21-5(1-9(23)24)17(32)35-3-7-11(27)12(28)15(31)20(38-7)39-16-8(37-19(34)14(30)13(16)29)4-36-18(33)6(22)2-10(25)26/h5-8,11-16,19-22,27-31,34H,1-4H2,(H,23,24)(H,25,26)/t5?,6?,7-,8-,11-,12+,13-,14-,15-,16-,19-,20-/m1/s1. The number of carbonyl (C=O) groups is 4. The van der Waals surface area contributed by atoms with Gasteiger partial charge in [0.15, 0.2) is 24.8 Å². The fourth-order valence-electron chi connectivity index (χ4n) is 3.56. The maximum atomic E-state index is 11.8. The summed E-state index contributed by atoms with van der Waals surface area (Å²) in [6, 6.07) is 0. The van der Waals surface area contributed by atoms with E-state index in [2.05, 4.69) is 4.74 Å². The maximum Gasteiger partial charge on any atom is 0.335 e. The molecule has 2 fully saturated rings. The molecule has 2 aliphatic heterocycles. The Morgan fingerprint density at radius 3 is 1.62 bits per heavy atom. The highest BCUT2D eigenvalue weighted by Crippen LogP contribution is 2.29. The average molecular weight is 574 g/mol. The van der Waals surface area contributed by atoms with Gasteiger partial charge < -0.3 is 74.7 Å². The summed E-state index contributed by atoms with van der Waals surface area (Å²) < 4.78 is 25.1. The Morgan fingerprint density at radius 1 is 0.641 bits per heavy atom. The Kier molecular flexibility index (Phi) is 11.9. The van der Waals surface area contributed by atoms with Crippen molar-refractivity contribution >= 4 is 23.9 Å². The van der Waals surface area contributed by atoms with E-state index >= 15 is 0 Å². The average Bonchev–Trinajstić information content (AvgIpc) is 2.85. The fourth-order valence-corrected chi connectivity index (χ4v) is 3.56. The molecule has 0 bridgehead atoms. The van der Waals surface area contributed by atoms with E-state index in [1.54, 1.807) is 0 Å². The first kappa shape index (κ1) is 32.7. The van der Waals surface area contributed by atoms with Crippen LogP contribution in [-0.4, -0.2) is 162 Å². The first-order chi connectivity index (χ1) is 18.1. The summed E-state index contributed by atoms with van der Waals surface area (Å²) in [6.45, 7) is -1.77. The number of aliphatic hydroxyl groups excluding tert-OH is 8. The van der Waals surface area contributed by atoms with Crippen molar-refractivity contribution in [1.82, 2.24) is 0 Å². The van der Waals surface area contributed by atoms with Crippen LogP contribution in [0.5, 0.6) is 0 Å². The van der Waals surface area contributed by atoms with Crippen molar-refractivity contribution in [3.8, 4) is 0 Å². The van der Waals surface area contributed by atoms with Gasteiger partial charge in [-0.3, -0.25) is 9.59 Å². The molecule has 19 heteroatoms. The minimum atomic E-state index is -2.08. The molecule has 2 saturated heterocycles. The van der Waals surface area contributed by atoms with Crippen LogP contribution in [0.3, 0.4) is 0 Å². The van der Waals surface area contributed by atoms with Gasteiger partial charge in [-0.15, -0.1) is 0 Å². The van der Waals surface area contributed by atoms with Crippen LogP contribution in [0.2, 0.25) is 0 Å². The van der Waals surface area contributed by atoms with Gasteiger partial charge in [0.1, 0.15) is 62.0 Å². The molecule has 2 unspecified atom stereocenters. The van der Waals surface area contributed by atoms with Gasteiger partial charge in [0.2, 0.25) is 0 Å². The van der Waals surface area contributed by atoms with Crippen LogP contribution in [-0.2, 0) is 42.9 Å². The summed E-state index contributed by atoms with van der Waals surface area (Å²) in [5.74, 6) is -5.87. The van der Waals surface area contributed by atoms with E-state index in [1.807, 2.05) is 0 Å². The second-order valence-corrected chi connectivity index (χ2v) is 8.65. The zero-order valence-corrected chi connectivity index (χ0v) is 19.9. The van der Waals surface area contributed by atoms with Gasteiger partial charge in [-0.1, -0.05) is 0 Å². The molecule has 0 amide bonds. The molecule has 2 aliphatic rings. The van der Waals surface area contributed by atoms with Crippen LogP contribution in [0.4, 0.5) is 0 Å². The number of esters is 2. The lowest BCUT2D eigenvalue weighted by Crippen LogP contribution is -2.64. The van der Waals surface area contributed by atoms with E-state index in [-0.39, 0.29) is 0 Å². The van der Waals surface area contributed by atoms with Gasteiger partial charge >= 0.3 is 23.9 Å². The maximum absolute atomic E-state index is 11.8. The molecular weight excluding hydrogens is 544 g/mol. The summed E-state index contributed by atoms with van der Waals surface area (Å²) >= 11 is 0. The topological polar surface area (TPSA) is 317 Å². The van der Waals surface area contributed by atoms with E-state index < -0.39 is 124 Å². The molecule has 0 aromatic heterocycles. The van der Waals surface area contributed by atoms with Crippen LogP contribution in [0, 0.1) is 0 Å². The predicted octanol–water partition coefficient (Wildman–Crippen LogP) is -6.62. The molecular formula is C20H30O19. The molecule has 0 aromatic carbocycles. The second kappa shape index (κ2) is 14.2. The third-order valence-corrected chi connectivity index (χ3v) is 5.68. The molecule has 0 radical (unpaired) electrons. The van der Waals surface area contributed by atoms with Crippen molar-refractivity contribution in [2.45, 2.75) is 86.5 Å². The van der Waals surface area contributed by atoms with Crippen molar-refractivity contribution < 1.29 is 93.9 Å². The lowest BCUT2D eigenvalue weighted by Gasteiger charge is -2.45. The molecule has 0 spiro atoms. The lowest BCUT2D eigenvalue weighted by molar-refractivity contribution is -0.355. The van der Waals surface area contributed by atoms with Crippen molar-refractivity contribution in [3.63, 3.8) is 0 Å². The highest BCUT2D eigenvalue weighted by Gasteiger charge is 2.51. The summed E-state index contributed by atoms with van der Waals surface area (Å²) in [6.07, 6.45) is -25.2. The molecule has 224 valence electrons. The first-order valence-electron chi connectivity index (χ1n) is 11.3. The Bertz CT molecular complexity index is 866. The number of rotatable bonds is 12. The number of ether oxygens (including phenoxy) is 5. The molecule has 0 saturated carbocycles. The number of aliphatic hydroxyl groups is 8. The molecule has 0 aromatic rings. The van der Waals surface area contributed by atoms with Crippen molar-refractivity contribution in [1.29, 1.82) is 0 Å². The van der Waals surface area contributed by atoms with Crippen molar-refractivity contribution in [2.75, 3.05) is 13.2 Å². The summed E-state index contributed by atoms with van der Waals surface area (Å²) in [5, 5.41) is 97.1. The minimum Gasteiger partial charge on any atom is -0.481 e. The lowest BCUT2D eigenvalue weighted by atomic mass is 9.97. The van der Waals surface area contributed by atoms with E-state index in [1.165, 1.54) is 0 Å². The zero-order valence-electron chi connectivity index (χ0n) is 19.9. The molecule has 0 aliphatic carbocycles. The van der Waals surface area contributed by atoms with E-state index in [9.17, 15) is 60.0 Å². The van der Waals surface area contributed by atoms with Crippen LogP contribution in [0.25, 0.3) is 0 Å².